The maximum Gasteiger partial charge on any atom is 0.0895 e. The summed E-state index contributed by atoms with van der Waals surface area (Å²) in [5.41, 5.74) is 2.03. The third kappa shape index (κ3) is 0.598. The first-order valence-corrected chi connectivity index (χ1v) is 2.77. The largest absolute Gasteiger partial charge is 0.360 e. The SMILES string of the molecule is [c]1ccc2[nH]ccc2n1. The number of aromatic amines is 1. The summed E-state index contributed by atoms with van der Waals surface area (Å²) < 4.78 is 0. The van der Waals surface area contributed by atoms with Gasteiger partial charge < -0.3 is 4.98 Å². The molecule has 0 aliphatic heterocycles. The Kier molecular flexibility index (Phi) is 0.803. The highest BCUT2D eigenvalue weighted by Crippen LogP contribution is 2.05. The Morgan fingerprint density at radius 1 is 1.44 bits per heavy atom. The van der Waals surface area contributed by atoms with E-state index in [1.165, 1.54) is 0 Å². The molecule has 0 unspecified atom stereocenters. The average molecular weight is 117 g/mol. The van der Waals surface area contributed by atoms with Crippen LogP contribution in [0.5, 0.6) is 0 Å². The van der Waals surface area contributed by atoms with Gasteiger partial charge in [-0.3, -0.25) is 0 Å². The zero-order valence-corrected chi connectivity index (χ0v) is 4.76. The summed E-state index contributed by atoms with van der Waals surface area (Å²) in [6.07, 6.45) is 4.62. The van der Waals surface area contributed by atoms with E-state index >= 15 is 0 Å². The second-order valence-corrected chi connectivity index (χ2v) is 1.85. The number of H-pyrrole nitrogens is 1. The quantitative estimate of drug-likeness (QED) is 0.554. The van der Waals surface area contributed by atoms with Crippen LogP contribution in [0.4, 0.5) is 0 Å². The molecule has 1 radical (unpaired) electrons. The van der Waals surface area contributed by atoms with Crippen molar-refractivity contribution in [2.45, 2.75) is 0 Å². The Hall–Kier alpha value is -1.31. The third-order valence-corrected chi connectivity index (χ3v) is 1.27. The molecule has 0 atom stereocenters. The Labute approximate surface area is 52.5 Å². The van der Waals surface area contributed by atoms with Crippen LogP contribution in [0.2, 0.25) is 0 Å². The molecule has 1 N–H and O–H groups in total. The van der Waals surface area contributed by atoms with Crippen molar-refractivity contribution >= 4 is 11.0 Å². The molecule has 0 amide bonds. The molecule has 0 saturated heterocycles. The van der Waals surface area contributed by atoms with E-state index in [2.05, 4.69) is 16.2 Å². The molecule has 2 aromatic rings. The van der Waals surface area contributed by atoms with Crippen molar-refractivity contribution in [1.82, 2.24) is 9.97 Å². The van der Waals surface area contributed by atoms with Crippen molar-refractivity contribution < 1.29 is 0 Å². The van der Waals surface area contributed by atoms with Gasteiger partial charge >= 0.3 is 0 Å². The Morgan fingerprint density at radius 3 is 3.33 bits per heavy atom. The van der Waals surface area contributed by atoms with Crippen molar-refractivity contribution in [3.8, 4) is 0 Å². The minimum Gasteiger partial charge on any atom is -0.360 e. The van der Waals surface area contributed by atoms with Gasteiger partial charge in [-0.05, 0) is 18.2 Å². The van der Waals surface area contributed by atoms with E-state index in [0.717, 1.165) is 11.0 Å². The summed E-state index contributed by atoms with van der Waals surface area (Å²) in [5, 5.41) is 0. The fourth-order valence-corrected chi connectivity index (χ4v) is 0.832. The lowest BCUT2D eigenvalue weighted by molar-refractivity contribution is 1.39. The molecule has 0 aliphatic rings. The van der Waals surface area contributed by atoms with Crippen LogP contribution in [0, 0.1) is 6.20 Å². The second kappa shape index (κ2) is 1.58. The average Bonchev–Trinajstić information content (AvgIpc) is 2.33. The molecule has 0 saturated carbocycles. The van der Waals surface area contributed by atoms with Crippen LogP contribution in [-0.2, 0) is 0 Å². The number of nitrogens with one attached hydrogen (secondary N) is 1. The molecule has 0 aliphatic carbocycles. The van der Waals surface area contributed by atoms with Crippen molar-refractivity contribution in [3.63, 3.8) is 0 Å². The van der Waals surface area contributed by atoms with E-state index in [1.807, 2.05) is 18.3 Å². The molecule has 2 heterocycles. The normalized spacial score (nSPS) is 10.2. The van der Waals surface area contributed by atoms with Gasteiger partial charge in [-0.1, -0.05) is 0 Å². The number of nitrogens with zero attached hydrogens (tertiary/aromatic N) is 1. The van der Waals surface area contributed by atoms with E-state index < -0.39 is 0 Å². The van der Waals surface area contributed by atoms with E-state index in [9.17, 15) is 0 Å². The molecule has 0 bridgehead atoms. The standard InChI is InChI=1S/C7H5N2/c1-2-6-7(8-4-1)3-5-9-6/h1-3,5,9H. The van der Waals surface area contributed by atoms with Crippen LogP contribution in [0.3, 0.4) is 0 Å². The van der Waals surface area contributed by atoms with Crippen molar-refractivity contribution in [2.75, 3.05) is 0 Å². The molecule has 0 aromatic carbocycles. The maximum atomic E-state index is 3.98. The zero-order valence-electron chi connectivity index (χ0n) is 4.76. The Balaban J connectivity index is 2.95. The summed E-state index contributed by atoms with van der Waals surface area (Å²) in [5.74, 6) is 0. The van der Waals surface area contributed by atoms with Gasteiger partial charge in [0.2, 0.25) is 0 Å². The number of hydrogen-bond donors (Lipinski definition) is 1. The van der Waals surface area contributed by atoms with Crippen LogP contribution < -0.4 is 0 Å². The van der Waals surface area contributed by atoms with E-state index in [0.29, 0.717) is 0 Å². The van der Waals surface area contributed by atoms with Crippen molar-refractivity contribution in [1.29, 1.82) is 0 Å². The molecule has 2 heteroatoms. The van der Waals surface area contributed by atoms with Crippen LogP contribution in [0.1, 0.15) is 0 Å². The lowest BCUT2D eigenvalue weighted by Crippen LogP contribution is -1.69. The van der Waals surface area contributed by atoms with Gasteiger partial charge in [-0.25, -0.2) is 4.98 Å². The first kappa shape index (κ1) is 4.56. The van der Waals surface area contributed by atoms with Gasteiger partial charge in [-0.15, -0.1) is 0 Å². The molecular formula is C7H5N2. The number of aromatic nitrogens is 2. The van der Waals surface area contributed by atoms with E-state index in [-0.39, 0.29) is 0 Å². The zero-order chi connectivity index (χ0) is 6.10. The number of rotatable bonds is 0. The van der Waals surface area contributed by atoms with Gasteiger partial charge in [0, 0.05) is 6.20 Å². The highest BCUT2D eigenvalue weighted by molar-refractivity contribution is 5.73. The second-order valence-electron chi connectivity index (χ2n) is 1.85. The van der Waals surface area contributed by atoms with Crippen molar-refractivity contribution in [3.05, 3.63) is 30.6 Å². The van der Waals surface area contributed by atoms with Crippen LogP contribution in [0.15, 0.2) is 24.4 Å². The Morgan fingerprint density at radius 2 is 2.44 bits per heavy atom. The van der Waals surface area contributed by atoms with Gasteiger partial charge in [0.05, 0.1) is 17.2 Å². The number of fused-ring (bicyclic) bond motifs is 1. The Bertz CT molecular complexity index is 281. The van der Waals surface area contributed by atoms with E-state index in [4.69, 9.17) is 0 Å². The summed E-state index contributed by atoms with van der Waals surface area (Å²) in [6, 6.07) is 5.66. The van der Waals surface area contributed by atoms with Gasteiger partial charge in [0.15, 0.2) is 0 Å². The smallest absolute Gasteiger partial charge is 0.0895 e. The van der Waals surface area contributed by atoms with Crippen LogP contribution in [0.25, 0.3) is 11.0 Å². The van der Waals surface area contributed by atoms with Crippen LogP contribution >= 0.6 is 0 Å². The molecule has 2 nitrogen and oxygen atoms in total. The maximum absolute atomic E-state index is 3.98. The topological polar surface area (TPSA) is 28.7 Å². The predicted molar refractivity (Wildman–Crippen MR) is 34.9 cm³/mol. The summed E-state index contributed by atoms with van der Waals surface area (Å²) in [6.45, 7) is 0. The fourth-order valence-electron chi connectivity index (χ4n) is 0.832. The van der Waals surface area contributed by atoms with Gasteiger partial charge in [0.1, 0.15) is 0 Å². The van der Waals surface area contributed by atoms with Crippen molar-refractivity contribution in [2.24, 2.45) is 0 Å². The minimum atomic E-state index is 0.970. The monoisotopic (exact) mass is 117 g/mol. The summed E-state index contributed by atoms with van der Waals surface area (Å²) in [4.78, 5) is 7.02. The third-order valence-electron chi connectivity index (χ3n) is 1.27. The molecule has 2 rings (SSSR count). The molecular weight excluding hydrogens is 112 g/mol. The summed E-state index contributed by atoms with van der Waals surface area (Å²) >= 11 is 0. The first-order valence-electron chi connectivity index (χ1n) is 2.77. The number of hydrogen-bond acceptors (Lipinski definition) is 1. The first-order chi connectivity index (χ1) is 4.47. The van der Waals surface area contributed by atoms with Gasteiger partial charge in [0.25, 0.3) is 0 Å². The molecule has 2 aromatic heterocycles. The fraction of sp³-hybridized carbons (Fsp3) is 0. The predicted octanol–water partition coefficient (Wildman–Crippen LogP) is 1.36. The lowest BCUT2D eigenvalue weighted by Gasteiger charge is -1.81. The summed E-state index contributed by atoms with van der Waals surface area (Å²) in [7, 11) is 0. The molecule has 9 heavy (non-hydrogen) atoms. The molecule has 43 valence electrons. The molecule has 0 fully saturated rings. The highest BCUT2D eigenvalue weighted by Gasteiger charge is 1.88. The van der Waals surface area contributed by atoms with Crippen LogP contribution in [-0.4, -0.2) is 9.97 Å². The highest BCUT2D eigenvalue weighted by atomic mass is 14.7. The minimum absolute atomic E-state index is 0.970. The lowest BCUT2D eigenvalue weighted by atomic mass is 10.4. The van der Waals surface area contributed by atoms with Gasteiger partial charge in [-0.2, -0.15) is 0 Å². The van der Waals surface area contributed by atoms with E-state index in [1.54, 1.807) is 6.07 Å². The molecule has 0 spiro atoms. The number of pyridine rings is 1.